The van der Waals surface area contributed by atoms with Crippen molar-refractivity contribution in [3.63, 3.8) is 0 Å². The minimum Gasteiger partial charge on any atom is -0.378 e. The van der Waals surface area contributed by atoms with E-state index >= 15 is 0 Å². The van der Waals surface area contributed by atoms with E-state index in [4.69, 9.17) is 16.3 Å². The van der Waals surface area contributed by atoms with E-state index in [9.17, 15) is 0 Å². The second-order valence-corrected chi connectivity index (χ2v) is 6.69. The zero-order valence-corrected chi connectivity index (χ0v) is 16.4. The molecule has 0 saturated carbocycles. The molecule has 6 nitrogen and oxygen atoms in total. The predicted octanol–water partition coefficient (Wildman–Crippen LogP) is 2.48. The Balaban J connectivity index is 1.53. The van der Waals surface area contributed by atoms with Crippen LogP contribution in [0.5, 0.6) is 0 Å². The molecule has 0 amide bonds. The van der Waals surface area contributed by atoms with Crippen LogP contribution in [0.3, 0.4) is 0 Å². The number of aliphatic imine (C=N–C) groups is 1. The topological polar surface area (TPSA) is 61.8 Å². The molecule has 0 spiro atoms. The Morgan fingerprint density at radius 1 is 1.15 bits per heavy atom. The van der Waals surface area contributed by atoms with Gasteiger partial charge in [-0.1, -0.05) is 35.9 Å². The van der Waals surface area contributed by atoms with Gasteiger partial charge in [0.1, 0.15) is 5.82 Å². The van der Waals surface area contributed by atoms with E-state index in [1.807, 2.05) is 36.5 Å². The van der Waals surface area contributed by atoms with Crippen LogP contribution in [0.4, 0.5) is 5.82 Å². The van der Waals surface area contributed by atoms with Crippen molar-refractivity contribution in [1.29, 1.82) is 0 Å². The van der Waals surface area contributed by atoms with Crippen LogP contribution in [0.15, 0.2) is 47.6 Å². The van der Waals surface area contributed by atoms with Crippen molar-refractivity contribution in [1.82, 2.24) is 15.6 Å². The molecule has 0 bridgehead atoms. The Morgan fingerprint density at radius 2 is 1.93 bits per heavy atom. The van der Waals surface area contributed by atoms with Crippen LogP contribution in [0, 0.1) is 0 Å². The van der Waals surface area contributed by atoms with Crippen LogP contribution < -0.4 is 15.5 Å². The normalized spacial score (nSPS) is 14.9. The lowest BCUT2D eigenvalue weighted by Gasteiger charge is -2.29. The smallest absolute Gasteiger partial charge is 0.191 e. The highest BCUT2D eigenvalue weighted by Crippen LogP contribution is 2.18. The first-order valence-corrected chi connectivity index (χ1v) is 9.60. The molecule has 1 aromatic heterocycles. The van der Waals surface area contributed by atoms with Gasteiger partial charge in [-0.3, -0.25) is 4.99 Å². The fourth-order valence-corrected chi connectivity index (χ4v) is 3.27. The summed E-state index contributed by atoms with van der Waals surface area (Å²) >= 11 is 6.21. The van der Waals surface area contributed by atoms with Crippen molar-refractivity contribution in [2.75, 3.05) is 44.8 Å². The maximum Gasteiger partial charge on any atom is 0.191 e. The van der Waals surface area contributed by atoms with E-state index in [2.05, 4.69) is 31.6 Å². The van der Waals surface area contributed by atoms with Crippen LogP contribution in [0.2, 0.25) is 5.02 Å². The van der Waals surface area contributed by atoms with Gasteiger partial charge in [0.2, 0.25) is 0 Å². The molecule has 2 aromatic rings. The summed E-state index contributed by atoms with van der Waals surface area (Å²) < 4.78 is 5.44. The van der Waals surface area contributed by atoms with Gasteiger partial charge in [0, 0.05) is 50.0 Å². The maximum absolute atomic E-state index is 6.21. The van der Waals surface area contributed by atoms with E-state index < -0.39 is 0 Å². The summed E-state index contributed by atoms with van der Waals surface area (Å²) in [5, 5.41) is 7.51. The fraction of sp³-hybridized carbons (Fsp3) is 0.400. The molecule has 0 atom stereocenters. The Morgan fingerprint density at radius 3 is 2.70 bits per heavy atom. The molecule has 2 heterocycles. The average molecular weight is 388 g/mol. The summed E-state index contributed by atoms with van der Waals surface area (Å²) in [6, 6.07) is 12.0. The van der Waals surface area contributed by atoms with Gasteiger partial charge >= 0.3 is 0 Å². The summed E-state index contributed by atoms with van der Waals surface area (Å²) in [5.74, 6) is 1.78. The third-order valence-electron chi connectivity index (χ3n) is 4.49. The summed E-state index contributed by atoms with van der Waals surface area (Å²) in [6.07, 6.45) is 2.68. The van der Waals surface area contributed by atoms with Gasteiger partial charge in [0.05, 0.1) is 13.2 Å². The lowest BCUT2D eigenvalue weighted by molar-refractivity contribution is 0.122. The number of morpholine rings is 1. The second kappa shape index (κ2) is 10.1. The first-order chi connectivity index (χ1) is 13.3. The molecule has 0 radical (unpaired) electrons. The lowest BCUT2D eigenvalue weighted by Crippen LogP contribution is -2.40. The summed E-state index contributed by atoms with van der Waals surface area (Å²) in [6.45, 7) is 4.64. The number of anilines is 1. The molecular weight excluding hydrogens is 362 g/mol. The van der Waals surface area contributed by atoms with Crippen LogP contribution in [-0.4, -0.2) is 50.8 Å². The van der Waals surface area contributed by atoms with E-state index in [0.29, 0.717) is 6.54 Å². The number of pyridine rings is 1. The largest absolute Gasteiger partial charge is 0.378 e. The number of halogens is 1. The summed E-state index contributed by atoms with van der Waals surface area (Å²) in [4.78, 5) is 11.2. The van der Waals surface area contributed by atoms with E-state index in [1.165, 1.54) is 0 Å². The van der Waals surface area contributed by atoms with Gasteiger partial charge < -0.3 is 20.3 Å². The number of nitrogens with one attached hydrogen (secondary N) is 2. The monoisotopic (exact) mass is 387 g/mol. The van der Waals surface area contributed by atoms with E-state index in [1.54, 1.807) is 7.05 Å². The Kier molecular flexibility index (Phi) is 7.30. The first kappa shape index (κ1) is 19.5. The van der Waals surface area contributed by atoms with Gasteiger partial charge in [-0.25, -0.2) is 4.98 Å². The molecule has 1 aromatic carbocycles. The molecule has 3 rings (SSSR count). The summed E-state index contributed by atoms with van der Waals surface area (Å²) in [7, 11) is 1.77. The average Bonchev–Trinajstić information content (AvgIpc) is 2.72. The van der Waals surface area contributed by atoms with Crippen molar-refractivity contribution >= 4 is 23.4 Å². The molecule has 1 fully saturated rings. The van der Waals surface area contributed by atoms with Gasteiger partial charge in [-0.15, -0.1) is 0 Å². The van der Waals surface area contributed by atoms with Crippen LogP contribution in [0.1, 0.15) is 11.1 Å². The molecule has 1 aliphatic rings. The Labute approximate surface area is 165 Å². The van der Waals surface area contributed by atoms with Crippen LogP contribution >= 0.6 is 11.6 Å². The van der Waals surface area contributed by atoms with Gasteiger partial charge in [-0.2, -0.15) is 0 Å². The second-order valence-electron chi connectivity index (χ2n) is 6.28. The minimum atomic E-state index is 0.659. The number of nitrogens with zero attached hydrogens (tertiary/aromatic N) is 3. The molecular formula is C20H26ClN5O. The van der Waals surface area contributed by atoms with E-state index in [-0.39, 0.29) is 0 Å². The molecule has 1 saturated heterocycles. The summed E-state index contributed by atoms with van der Waals surface area (Å²) in [5.41, 5.74) is 2.28. The molecule has 27 heavy (non-hydrogen) atoms. The van der Waals surface area contributed by atoms with Crippen molar-refractivity contribution in [2.24, 2.45) is 4.99 Å². The van der Waals surface area contributed by atoms with Gasteiger partial charge in [0.15, 0.2) is 5.96 Å². The van der Waals surface area contributed by atoms with Crippen LogP contribution in [-0.2, 0) is 17.7 Å². The predicted molar refractivity (Wildman–Crippen MR) is 111 cm³/mol. The number of ether oxygens (including phenoxy) is 1. The molecule has 2 N–H and O–H groups in total. The maximum atomic E-state index is 6.21. The SMILES string of the molecule is CN=C(NCCc1ccccc1Cl)NCc1cccnc1N1CCOCC1. The quantitative estimate of drug-likeness (QED) is 0.589. The van der Waals surface area contributed by atoms with Crippen LogP contribution in [0.25, 0.3) is 0 Å². The number of guanidine groups is 1. The standard InChI is InChI=1S/C20H26ClN5O/c1-22-20(24-10-8-16-5-2-3-7-18(16)21)25-15-17-6-4-9-23-19(17)26-11-13-27-14-12-26/h2-7,9H,8,10-15H2,1H3,(H2,22,24,25). The molecule has 1 aliphatic heterocycles. The van der Waals surface area contributed by atoms with Crippen molar-refractivity contribution in [3.8, 4) is 0 Å². The Bertz CT molecular complexity index is 762. The first-order valence-electron chi connectivity index (χ1n) is 9.22. The number of aromatic nitrogens is 1. The highest BCUT2D eigenvalue weighted by Gasteiger charge is 2.15. The Hall–Kier alpha value is -2.31. The van der Waals surface area contributed by atoms with Crippen molar-refractivity contribution in [2.45, 2.75) is 13.0 Å². The molecule has 144 valence electrons. The fourth-order valence-electron chi connectivity index (χ4n) is 3.04. The third kappa shape index (κ3) is 5.58. The molecule has 0 unspecified atom stereocenters. The zero-order valence-electron chi connectivity index (χ0n) is 15.6. The van der Waals surface area contributed by atoms with E-state index in [0.717, 1.165) is 67.2 Å². The molecule has 0 aliphatic carbocycles. The lowest BCUT2D eigenvalue weighted by atomic mass is 10.1. The van der Waals surface area contributed by atoms with Gasteiger partial charge in [0.25, 0.3) is 0 Å². The van der Waals surface area contributed by atoms with Gasteiger partial charge in [-0.05, 0) is 24.1 Å². The third-order valence-corrected chi connectivity index (χ3v) is 4.86. The number of rotatable bonds is 6. The highest BCUT2D eigenvalue weighted by atomic mass is 35.5. The van der Waals surface area contributed by atoms with Crippen molar-refractivity contribution < 1.29 is 4.74 Å². The minimum absolute atomic E-state index is 0.659. The number of hydrogen-bond acceptors (Lipinski definition) is 4. The number of benzene rings is 1. The number of hydrogen-bond donors (Lipinski definition) is 2. The zero-order chi connectivity index (χ0) is 18.9. The molecule has 7 heteroatoms. The highest BCUT2D eigenvalue weighted by molar-refractivity contribution is 6.31. The van der Waals surface area contributed by atoms with Crippen molar-refractivity contribution in [3.05, 3.63) is 58.7 Å².